The molecule has 3 nitrogen and oxygen atoms in total. The van der Waals surface area contributed by atoms with Crippen LogP contribution in [0.3, 0.4) is 0 Å². The number of carbonyl (C=O) groups is 1. The molecule has 1 N–H and O–H groups in total. The summed E-state index contributed by atoms with van der Waals surface area (Å²) in [6.45, 7) is 0. The van der Waals surface area contributed by atoms with Crippen LogP contribution in [0.25, 0.3) is 10.9 Å². The highest BCUT2D eigenvalue weighted by atomic mass is 35.5. The number of rotatable bonds is 2. The van der Waals surface area contributed by atoms with Gasteiger partial charge in [0.25, 0.3) is 5.91 Å². The molecule has 0 fully saturated rings. The number of hydrogen-bond acceptors (Lipinski definition) is 2. The fourth-order valence-corrected chi connectivity index (χ4v) is 2.51. The molecule has 0 saturated heterocycles. The summed E-state index contributed by atoms with van der Waals surface area (Å²) in [6, 6.07) is 9.34. The summed E-state index contributed by atoms with van der Waals surface area (Å²) in [5, 5.41) is 4.38. The molecule has 19 heavy (non-hydrogen) atoms. The van der Waals surface area contributed by atoms with Crippen molar-refractivity contribution in [1.29, 1.82) is 0 Å². The van der Waals surface area contributed by atoms with Crippen molar-refractivity contribution in [1.82, 2.24) is 10.3 Å². The van der Waals surface area contributed by atoms with E-state index < -0.39 is 0 Å². The van der Waals surface area contributed by atoms with E-state index in [1.165, 1.54) is 0 Å². The lowest BCUT2D eigenvalue weighted by molar-refractivity contribution is 0.0934. The number of nitrogens with zero attached hydrogens (tertiary/aromatic N) is 1. The maximum Gasteiger partial charge on any atom is 0.270 e. The summed E-state index contributed by atoms with van der Waals surface area (Å²) in [6.07, 6.45) is 5.91. The quantitative estimate of drug-likeness (QED) is 0.852. The van der Waals surface area contributed by atoms with E-state index in [1.54, 1.807) is 6.07 Å². The molecule has 0 spiro atoms. The van der Waals surface area contributed by atoms with Gasteiger partial charge in [0.05, 0.1) is 10.5 Å². The van der Waals surface area contributed by atoms with Crippen molar-refractivity contribution in [2.45, 2.75) is 18.9 Å². The van der Waals surface area contributed by atoms with Gasteiger partial charge in [-0.05, 0) is 25.0 Å². The largest absolute Gasteiger partial charge is 0.347 e. The van der Waals surface area contributed by atoms with Crippen LogP contribution in [-0.4, -0.2) is 16.9 Å². The van der Waals surface area contributed by atoms with Gasteiger partial charge in [0.15, 0.2) is 0 Å². The highest BCUT2D eigenvalue weighted by Gasteiger charge is 2.16. The van der Waals surface area contributed by atoms with E-state index in [0.29, 0.717) is 10.7 Å². The Balaban J connectivity index is 1.89. The minimum atomic E-state index is -0.165. The molecule has 0 saturated carbocycles. The number of nitrogens with one attached hydrogen (secondary N) is 1. The van der Waals surface area contributed by atoms with E-state index in [4.69, 9.17) is 11.6 Å². The average molecular weight is 273 g/mol. The van der Waals surface area contributed by atoms with Crippen LogP contribution in [0.4, 0.5) is 0 Å². The Morgan fingerprint density at radius 2 is 2.00 bits per heavy atom. The van der Waals surface area contributed by atoms with Gasteiger partial charge in [-0.2, -0.15) is 0 Å². The lowest BCUT2D eigenvalue weighted by atomic mass is 10.2. The number of benzene rings is 1. The normalized spacial score (nSPS) is 15.0. The molecule has 1 aliphatic rings. The highest BCUT2D eigenvalue weighted by molar-refractivity contribution is 6.35. The van der Waals surface area contributed by atoms with Gasteiger partial charge in [-0.3, -0.25) is 4.79 Å². The number of carbonyl (C=O) groups excluding carboxylic acids is 1. The second kappa shape index (κ2) is 5.02. The number of pyridine rings is 1. The lowest BCUT2D eigenvalue weighted by Gasteiger charge is -2.12. The van der Waals surface area contributed by atoms with Gasteiger partial charge >= 0.3 is 0 Å². The molecule has 0 atom stereocenters. The fraction of sp³-hybridized carbons (Fsp3) is 0.200. The average Bonchev–Trinajstić information content (AvgIpc) is 2.91. The Bertz CT molecular complexity index is 658. The standard InChI is InChI=1S/C15H13ClN2O/c16-12-9-14(15(19)17-10-5-1-2-6-10)18-13-8-4-3-7-11(12)13/h1-4,7-10H,5-6H2,(H,17,19). The minimum Gasteiger partial charge on any atom is -0.347 e. The summed E-state index contributed by atoms with van der Waals surface area (Å²) < 4.78 is 0. The van der Waals surface area contributed by atoms with Gasteiger partial charge in [-0.15, -0.1) is 0 Å². The summed E-state index contributed by atoms with van der Waals surface area (Å²) >= 11 is 6.19. The first kappa shape index (κ1) is 12.2. The molecule has 0 aliphatic heterocycles. The van der Waals surface area contributed by atoms with E-state index in [2.05, 4.69) is 22.5 Å². The lowest BCUT2D eigenvalue weighted by Crippen LogP contribution is -2.33. The third-order valence-corrected chi connectivity index (χ3v) is 3.55. The zero-order valence-electron chi connectivity index (χ0n) is 10.3. The maximum atomic E-state index is 12.1. The molecule has 96 valence electrons. The number of fused-ring (bicyclic) bond motifs is 1. The van der Waals surface area contributed by atoms with Crippen molar-refractivity contribution in [3.05, 3.63) is 53.2 Å². The second-order valence-electron chi connectivity index (χ2n) is 4.62. The molecule has 0 radical (unpaired) electrons. The third-order valence-electron chi connectivity index (χ3n) is 3.24. The Kier molecular flexibility index (Phi) is 3.22. The first-order valence-corrected chi connectivity index (χ1v) is 6.63. The Morgan fingerprint density at radius 1 is 1.26 bits per heavy atom. The molecule has 1 aliphatic carbocycles. The molecule has 2 aromatic rings. The Labute approximate surface area is 116 Å². The van der Waals surface area contributed by atoms with Gasteiger partial charge in [0, 0.05) is 11.4 Å². The molecule has 1 aromatic carbocycles. The van der Waals surface area contributed by atoms with Crippen LogP contribution < -0.4 is 5.32 Å². The SMILES string of the molecule is O=C(NC1CC=CC1)c1cc(Cl)c2ccccc2n1. The smallest absolute Gasteiger partial charge is 0.270 e. The van der Waals surface area contributed by atoms with Crippen molar-refractivity contribution in [3.8, 4) is 0 Å². The van der Waals surface area contributed by atoms with Gasteiger partial charge in [0.2, 0.25) is 0 Å². The maximum absolute atomic E-state index is 12.1. The molecule has 3 rings (SSSR count). The van der Waals surface area contributed by atoms with Crippen LogP contribution in [0.5, 0.6) is 0 Å². The Morgan fingerprint density at radius 3 is 2.79 bits per heavy atom. The van der Waals surface area contributed by atoms with Gasteiger partial charge in [-0.1, -0.05) is 42.0 Å². The van der Waals surface area contributed by atoms with Crippen molar-refractivity contribution < 1.29 is 4.79 Å². The van der Waals surface area contributed by atoms with Gasteiger partial charge in [0.1, 0.15) is 5.69 Å². The molecular weight excluding hydrogens is 260 g/mol. The summed E-state index contributed by atoms with van der Waals surface area (Å²) in [4.78, 5) is 16.5. The van der Waals surface area contributed by atoms with Crippen molar-refractivity contribution in [2.24, 2.45) is 0 Å². The van der Waals surface area contributed by atoms with Crippen molar-refractivity contribution in [3.63, 3.8) is 0 Å². The molecule has 0 bridgehead atoms. The van der Waals surface area contributed by atoms with E-state index >= 15 is 0 Å². The van der Waals surface area contributed by atoms with Gasteiger partial charge < -0.3 is 5.32 Å². The van der Waals surface area contributed by atoms with E-state index in [1.807, 2.05) is 24.3 Å². The van der Waals surface area contributed by atoms with E-state index in [0.717, 1.165) is 23.7 Å². The van der Waals surface area contributed by atoms with Crippen LogP contribution in [0.1, 0.15) is 23.3 Å². The molecular formula is C15H13ClN2O. The zero-order chi connectivity index (χ0) is 13.2. The van der Waals surface area contributed by atoms with Gasteiger partial charge in [-0.25, -0.2) is 4.98 Å². The predicted molar refractivity (Wildman–Crippen MR) is 76.4 cm³/mol. The summed E-state index contributed by atoms with van der Waals surface area (Å²) in [5.74, 6) is -0.165. The molecule has 4 heteroatoms. The first-order valence-electron chi connectivity index (χ1n) is 6.25. The van der Waals surface area contributed by atoms with Crippen LogP contribution in [0.2, 0.25) is 5.02 Å². The molecule has 0 unspecified atom stereocenters. The summed E-state index contributed by atoms with van der Waals surface area (Å²) in [5.41, 5.74) is 1.11. The topological polar surface area (TPSA) is 42.0 Å². The number of hydrogen-bond donors (Lipinski definition) is 1. The first-order chi connectivity index (χ1) is 9.24. The van der Waals surface area contributed by atoms with Crippen LogP contribution in [0, 0.1) is 0 Å². The monoisotopic (exact) mass is 272 g/mol. The highest BCUT2D eigenvalue weighted by Crippen LogP contribution is 2.23. The molecule has 1 amide bonds. The Hall–Kier alpha value is -1.87. The fourth-order valence-electron chi connectivity index (χ4n) is 2.24. The number of para-hydroxylation sites is 1. The van der Waals surface area contributed by atoms with E-state index in [9.17, 15) is 4.79 Å². The van der Waals surface area contributed by atoms with Crippen molar-refractivity contribution in [2.75, 3.05) is 0 Å². The molecule has 1 aromatic heterocycles. The minimum absolute atomic E-state index is 0.165. The van der Waals surface area contributed by atoms with Crippen molar-refractivity contribution >= 4 is 28.4 Å². The number of halogens is 1. The molecule has 1 heterocycles. The van der Waals surface area contributed by atoms with Crippen LogP contribution in [0.15, 0.2) is 42.5 Å². The second-order valence-corrected chi connectivity index (χ2v) is 5.03. The number of aromatic nitrogens is 1. The zero-order valence-corrected chi connectivity index (χ0v) is 11.0. The van der Waals surface area contributed by atoms with Crippen LogP contribution in [-0.2, 0) is 0 Å². The third kappa shape index (κ3) is 2.47. The van der Waals surface area contributed by atoms with E-state index in [-0.39, 0.29) is 11.9 Å². The predicted octanol–water partition coefficient (Wildman–Crippen LogP) is 3.34. The van der Waals surface area contributed by atoms with Crippen LogP contribution >= 0.6 is 11.6 Å². The number of amides is 1. The summed E-state index contributed by atoms with van der Waals surface area (Å²) in [7, 11) is 0.